The summed E-state index contributed by atoms with van der Waals surface area (Å²) in [5, 5.41) is 5.20. The number of hydrogen-bond acceptors (Lipinski definition) is 3. The molecule has 1 aromatic heterocycles. The van der Waals surface area contributed by atoms with Crippen LogP contribution in [0.3, 0.4) is 0 Å². The lowest BCUT2D eigenvalue weighted by Crippen LogP contribution is -2.49. The Balaban J connectivity index is 2.03. The minimum Gasteiger partial charge on any atom is -0.305 e. The zero-order valence-corrected chi connectivity index (χ0v) is 13.3. The van der Waals surface area contributed by atoms with Crippen LogP contribution < -0.4 is 5.32 Å². The smallest absolute Gasteiger partial charge is 0.114 e. The zero-order valence-electron chi connectivity index (χ0n) is 12.5. The Bertz CT molecular complexity index is 440. The Morgan fingerprint density at radius 3 is 2.58 bits per heavy atom. The van der Waals surface area contributed by atoms with Gasteiger partial charge in [0.05, 0.1) is 11.2 Å². The number of hydrogen-bond donors (Lipinski definition) is 1. The van der Waals surface area contributed by atoms with Crippen molar-refractivity contribution in [1.29, 1.82) is 0 Å². The third kappa shape index (κ3) is 2.06. The van der Waals surface area contributed by atoms with Crippen molar-refractivity contribution in [1.82, 2.24) is 10.3 Å². The molecule has 1 aromatic rings. The highest BCUT2D eigenvalue weighted by molar-refractivity contribution is 7.11. The van der Waals surface area contributed by atoms with Gasteiger partial charge in [-0.15, -0.1) is 11.3 Å². The summed E-state index contributed by atoms with van der Waals surface area (Å²) in [7, 11) is 0. The highest BCUT2D eigenvalue weighted by Gasteiger charge is 2.51. The van der Waals surface area contributed by atoms with Crippen molar-refractivity contribution >= 4 is 11.3 Å². The molecular formula is C16H26N2S. The molecule has 3 heteroatoms. The second-order valence-electron chi connectivity index (χ2n) is 6.77. The quantitative estimate of drug-likeness (QED) is 0.902. The van der Waals surface area contributed by atoms with E-state index in [9.17, 15) is 0 Å². The zero-order chi connectivity index (χ0) is 13.5. The summed E-state index contributed by atoms with van der Waals surface area (Å²) in [6, 6.07) is 0. The summed E-state index contributed by atoms with van der Waals surface area (Å²) >= 11 is 2.00. The first kappa shape index (κ1) is 13.6. The van der Waals surface area contributed by atoms with E-state index in [0.717, 1.165) is 6.54 Å². The van der Waals surface area contributed by atoms with E-state index in [1.807, 2.05) is 11.3 Å². The van der Waals surface area contributed by atoms with Crippen molar-refractivity contribution in [2.45, 2.75) is 71.3 Å². The molecular weight excluding hydrogens is 252 g/mol. The summed E-state index contributed by atoms with van der Waals surface area (Å²) < 4.78 is 0. The van der Waals surface area contributed by atoms with Crippen LogP contribution in [0.1, 0.15) is 68.5 Å². The summed E-state index contributed by atoms with van der Waals surface area (Å²) in [5.74, 6) is 0. The molecule has 1 saturated carbocycles. The van der Waals surface area contributed by atoms with Crippen LogP contribution in [0.4, 0.5) is 0 Å². The fourth-order valence-corrected chi connectivity index (χ4v) is 5.51. The Hall–Kier alpha value is -0.410. The van der Waals surface area contributed by atoms with Gasteiger partial charge in [-0.2, -0.15) is 0 Å². The van der Waals surface area contributed by atoms with E-state index < -0.39 is 0 Å². The van der Waals surface area contributed by atoms with Gasteiger partial charge >= 0.3 is 0 Å². The molecule has 3 rings (SSSR count). The number of aryl methyl sites for hydroxylation is 2. The van der Waals surface area contributed by atoms with Crippen LogP contribution in [0.5, 0.6) is 0 Å². The maximum absolute atomic E-state index is 5.08. The molecule has 19 heavy (non-hydrogen) atoms. The van der Waals surface area contributed by atoms with Crippen LogP contribution in [-0.2, 0) is 18.4 Å². The largest absolute Gasteiger partial charge is 0.305 e. The molecule has 1 N–H and O–H groups in total. The van der Waals surface area contributed by atoms with Crippen molar-refractivity contribution in [3.8, 4) is 0 Å². The minimum atomic E-state index is 0.129. The third-order valence-corrected chi connectivity index (χ3v) is 6.52. The first-order valence-electron chi connectivity index (χ1n) is 7.83. The summed E-state index contributed by atoms with van der Waals surface area (Å²) in [6.07, 6.45) is 9.03. The Labute approximate surface area is 121 Å². The Morgan fingerprint density at radius 2 is 1.95 bits per heavy atom. The van der Waals surface area contributed by atoms with Gasteiger partial charge in [0.15, 0.2) is 0 Å². The van der Waals surface area contributed by atoms with Gasteiger partial charge in [-0.25, -0.2) is 4.98 Å². The van der Waals surface area contributed by atoms with Gasteiger partial charge in [0, 0.05) is 4.88 Å². The Morgan fingerprint density at radius 1 is 1.16 bits per heavy atom. The molecule has 1 atom stereocenters. The van der Waals surface area contributed by atoms with Crippen LogP contribution in [0.2, 0.25) is 0 Å². The molecule has 106 valence electrons. The van der Waals surface area contributed by atoms with Crippen molar-refractivity contribution in [2.24, 2.45) is 5.41 Å². The number of thiazole rings is 1. The lowest BCUT2D eigenvalue weighted by Gasteiger charge is -2.41. The van der Waals surface area contributed by atoms with E-state index in [-0.39, 0.29) is 5.54 Å². The second kappa shape index (κ2) is 4.85. The summed E-state index contributed by atoms with van der Waals surface area (Å²) in [5.41, 5.74) is 1.86. The lowest BCUT2D eigenvalue weighted by molar-refractivity contribution is 0.158. The standard InChI is InChI=1S/C16H26N2S/c1-4-17-16(11-7-10-15(16,2)3)14-18-12-8-5-6-9-13(12)19-14/h17H,4-11H2,1-3H3. The van der Waals surface area contributed by atoms with Gasteiger partial charge in [0.2, 0.25) is 0 Å². The van der Waals surface area contributed by atoms with Gasteiger partial charge in [-0.3, -0.25) is 0 Å². The summed E-state index contributed by atoms with van der Waals surface area (Å²) in [6.45, 7) is 8.10. The SMILES string of the molecule is CCNC1(c2nc3c(s2)CCCC3)CCCC1(C)C. The monoisotopic (exact) mass is 278 g/mol. The molecule has 1 fully saturated rings. The fourth-order valence-electron chi connectivity index (χ4n) is 3.98. The van der Waals surface area contributed by atoms with Crippen LogP contribution >= 0.6 is 11.3 Å². The van der Waals surface area contributed by atoms with Crippen molar-refractivity contribution in [2.75, 3.05) is 6.54 Å². The highest BCUT2D eigenvalue weighted by Crippen LogP contribution is 2.53. The van der Waals surface area contributed by atoms with Gasteiger partial charge in [-0.1, -0.05) is 27.2 Å². The van der Waals surface area contributed by atoms with Crippen molar-refractivity contribution in [3.05, 3.63) is 15.6 Å². The van der Waals surface area contributed by atoms with Crippen LogP contribution in [0.15, 0.2) is 0 Å². The van der Waals surface area contributed by atoms with E-state index in [2.05, 4.69) is 26.1 Å². The summed E-state index contributed by atoms with van der Waals surface area (Å²) in [4.78, 5) is 6.65. The molecule has 0 saturated heterocycles. The molecule has 0 bridgehead atoms. The van der Waals surface area contributed by atoms with Gasteiger partial charge < -0.3 is 5.32 Å². The van der Waals surface area contributed by atoms with Gasteiger partial charge in [-0.05, 0) is 50.5 Å². The topological polar surface area (TPSA) is 24.9 Å². The molecule has 0 radical (unpaired) electrons. The number of aromatic nitrogens is 1. The highest BCUT2D eigenvalue weighted by atomic mass is 32.1. The maximum atomic E-state index is 5.08. The van der Waals surface area contributed by atoms with E-state index in [4.69, 9.17) is 4.98 Å². The van der Waals surface area contributed by atoms with Gasteiger partial charge in [0.25, 0.3) is 0 Å². The normalized spacial score (nSPS) is 29.4. The maximum Gasteiger partial charge on any atom is 0.114 e. The number of nitrogens with zero attached hydrogens (tertiary/aromatic N) is 1. The molecule has 0 spiro atoms. The predicted octanol–water partition coefficient (Wildman–Crippen LogP) is 4.04. The fraction of sp³-hybridized carbons (Fsp3) is 0.812. The van der Waals surface area contributed by atoms with Crippen LogP contribution in [0, 0.1) is 5.41 Å². The van der Waals surface area contributed by atoms with Gasteiger partial charge in [0.1, 0.15) is 5.01 Å². The lowest BCUT2D eigenvalue weighted by atomic mass is 9.75. The average Bonchev–Trinajstić information content (AvgIpc) is 2.92. The second-order valence-corrected chi connectivity index (χ2v) is 7.85. The predicted molar refractivity (Wildman–Crippen MR) is 81.7 cm³/mol. The van der Waals surface area contributed by atoms with Crippen molar-refractivity contribution in [3.63, 3.8) is 0 Å². The number of nitrogens with one attached hydrogen (secondary N) is 1. The molecule has 0 aromatic carbocycles. The van der Waals surface area contributed by atoms with Crippen molar-refractivity contribution < 1.29 is 0 Å². The first-order chi connectivity index (χ1) is 9.09. The van der Waals surface area contributed by atoms with E-state index in [0.29, 0.717) is 5.41 Å². The molecule has 2 nitrogen and oxygen atoms in total. The Kier molecular flexibility index (Phi) is 3.46. The molecule has 0 amide bonds. The van der Waals surface area contributed by atoms with E-state index in [1.54, 1.807) is 4.88 Å². The molecule has 2 aliphatic carbocycles. The first-order valence-corrected chi connectivity index (χ1v) is 8.65. The molecule has 0 aliphatic heterocycles. The molecule has 2 aliphatic rings. The average molecular weight is 278 g/mol. The number of fused-ring (bicyclic) bond motifs is 1. The van der Waals surface area contributed by atoms with E-state index in [1.165, 1.54) is 55.6 Å². The molecule has 1 unspecified atom stereocenters. The van der Waals surface area contributed by atoms with E-state index >= 15 is 0 Å². The minimum absolute atomic E-state index is 0.129. The number of rotatable bonds is 3. The van der Waals surface area contributed by atoms with Crippen LogP contribution in [-0.4, -0.2) is 11.5 Å². The van der Waals surface area contributed by atoms with Crippen LogP contribution in [0.25, 0.3) is 0 Å². The third-order valence-electron chi connectivity index (χ3n) is 5.20. The molecule has 1 heterocycles.